The van der Waals surface area contributed by atoms with E-state index in [1.165, 1.54) is 24.0 Å². The van der Waals surface area contributed by atoms with Crippen molar-refractivity contribution in [2.75, 3.05) is 4.90 Å². The monoisotopic (exact) mass is 237 g/mol. The Balaban J connectivity index is 2.52. The van der Waals surface area contributed by atoms with E-state index in [0.717, 1.165) is 6.07 Å². The quantitative estimate of drug-likeness (QED) is 0.784. The topological polar surface area (TPSA) is 57.6 Å². The zero-order valence-corrected chi connectivity index (χ0v) is 9.48. The average molecular weight is 237 g/mol. The van der Waals surface area contributed by atoms with Crippen LogP contribution in [0.4, 0.5) is 10.1 Å². The summed E-state index contributed by atoms with van der Waals surface area (Å²) in [5, 5.41) is 9.49. The van der Waals surface area contributed by atoms with Crippen LogP contribution in [0.1, 0.15) is 24.2 Å². The fraction of sp³-hybridized carbons (Fsp3) is 0.333. The predicted octanol–water partition coefficient (Wildman–Crippen LogP) is 1.12. The van der Waals surface area contributed by atoms with Gasteiger partial charge in [-0.3, -0.25) is 14.5 Å². The van der Waals surface area contributed by atoms with Crippen molar-refractivity contribution in [3.05, 3.63) is 29.6 Å². The lowest BCUT2D eigenvalue weighted by Gasteiger charge is -2.26. The van der Waals surface area contributed by atoms with E-state index in [1.54, 1.807) is 6.92 Å². The second-order valence-electron chi connectivity index (χ2n) is 4.15. The van der Waals surface area contributed by atoms with Crippen LogP contribution in [0.2, 0.25) is 0 Å². The molecule has 0 aromatic heterocycles. The molecule has 2 atom stereocenters. The summed E-state index contributed by atoms with van der Waals surface area (Å²) in [5.74, 6) is -2.01. The number of hydrogen-bond donors (Lipinski definition) is 1. The molecule has 1 aromatic rings. The van der Waals surface area contributed by atoms with Crippen LogP contribution in [0.3, 0.4) is 0 Å². The van der Waals surface area contributed by atoms with E-state index in [9.17, 15) is 19.1 Å². The van der Waals surface area contributed by atoms with E-state index >= 15 is 0 Å². The minimum Gasteiger partial charge on any atom is -0.391 e. The molecule has 0 bridgehead atoms. The van der Waals surface area contributed by atoms with Crippen LogP contribution in [0, 0.1) is 5.82 Å². The van der Waals surface area contributed by atoms with Gasteiger partial charge in [0.05, 0.1) is 23.4 Å². The van der Waals surface area contributed by atoms with Crippen molar-refractivity contribution in [2.45, 2.75) is 26.0 Å². The number of carbonyl (C=O) groups excluding carboxylic acids is 2. The van der Waals surface area contributed by atoms with Gasteiger partial charge in [0.25, 0.3) is 11.7 Å². The van der Waals surface area contributed by atoms with E-state index < -0.39 is 29.7 Å². The Bertz CT molecular complexity index is 499. The van der Waals surface area contributed by atoms with Crippen molar-refractivity contribution in [2.24, 2.45) is 0 Å². The third-order valence-electron chi connectivity index (χ3n) is 2.98. The molecule has 0 spiro atoms. The summed E-state index contributed by atoms with van der Waals surface area (Å²) in [6.45, 7) is 3.16. The van der Waals surface area contributed by atoms with Gasteiger partial charge in [0.1, 0.15) is 5.82 Å². The lowest BCUT2D eigenvalue weighted by Crippen LogP contribution is -2.43. The lowest BCUT2D eigenvalue weighted by molar-refractivity contribution is -0.115. The van der Waals surface area contributed by atoms with Crippen molar-refractivity contribution in [1.29, 1.82) is 0 Å². The number of ketones is 1. The second-order valence-corrected chi connectivity index (χ2v) is 4.15. The number of Topliss-reactive ketones (excluding diaryl/α,β-unsaturated/α-hetero) is 1. The highest BCUT2D eigenvalue weighted by Crippen LogP contribution is 2.31. The van der Waals surface area contributed by atoms with E-state index in [0.29, 0.717) is 5.69 Å². The number of anilines is 1. The normalized spacial score (nSPS) is 18.2. The molecular weight excluding hydrogens is 225 g/mol. The fourth-order valence-electron chi connectivity index (χ4n) is 1.85. The third kappa shape index (κ3) is 1.72. The highest BCUT2D eigenvalue weighted by Gasteiger charge is 2.39. The molecule has 0 saturated carbocycles. The summed E-state index contributed by atoms with van der Waals surface area (Å²) in [6, 6.07) is 3.08. The van der Waals surface area contributed by atoms with Crippen LogP contribution in [-0.2, 0) is 4.79 Å². The van der Waals surface area contributed by atoms with Crippen LogP contribution in [-0.4, -0.2) is 28.9 Å². The first-order valence-corrected chi connectivity index (χ1v) is 5.29. The van der Waals surface area contributed by atoms with Crippen LogP contribution >= 0.6 is 0 Å². The lowest BCUT2D eigenvalue weighted by atomic mass is 10.1. The molecule has 1 N–H and O–H groups in total. The largest absolute Gasteiger partial charge is 0.391 e. The van der Waals surface area contributed by atoms with Crippen molar-refractivity contribution in [3.63, 3.8) is 0 Å². The smallest absolute Gasteiger partial charge is 0.299 e. The van der Waals surface area contributed by atoms with E-state index in [4.69, 9.17) is 0 Å². The zero-order chi connectivity index (χ0) is 12.7. The molecule has 1 aliphatic heterocycles. The Labute approximate surface area is 97.7 Å². The van der Waals surface area contributed by atoms with Gasteiger partial charge >= 0.3 is 0 Å². The highest BCUT2D eigenvalue weighted by atomic mass is 19.1. The van der Waals surface area contributed by atoms with E-state index in [1.807, 2.05) is 0 Å². The van der Waals surface area contributed by atoms with Crippen molar-refractivity contribution < 1.29 is 19.1 Å². The number of amides is 1. The standard InChI is InChI=1S/C12H12FNO3/c1-6(7(2)15)14-10-4-3-8(13)5-9(10)11(16)12(14)17/h3-7,15H,1-2H3. The Hall–Kier alpha value is -1.75. The van der Waals surface area contributed by atoms with Gasteiger partial charge in [-0.05, 0) is 32.0 Å². The summed E-state index contributed by atoms with van der Waals surface area (Å²) >= 11 is 0. The maximum absolute atomic E-state index is 13.0. The van der Waals surface area contributed by atoms with Crippen molar-refractivity contribution >= 4 is 17.4 Å². The zero-order valence-electron chi connectivity index (χ0n) is 9.48. The summed E-state index contributed by atoms with van der Waals surface area (Å²) < 4.78 is 13.0. The first-order valence-electron chi connectivity index (χ1n) is 5.29. The van der Waals surface area contributed by atoms with E-state index in [2.05, 4.69) is 0 Å². The molecule has 5 heteroatoms. The van der Waals surface area contributed by atoms with Gasteiger partial charge in [-0.25, -0.2) is 4.39 Å². The Morgan fingerprint density at radius 2 is 1.94 bits per heavy atom. The molecule has 1 amide bonds. The molecule has 1 aromatic carbocycles. The average Bonchev–Trinajstić information content (AvgIpc) is 2.51. The van der Waals surface area contributed by atoms with Crippen LogP contribution in [0.25, 0.3) is 0 Å². The molecule has 1 heterocycles. The van der Waals surface area contributed by atoms with Gasteiger partial charge in [0.2, 0.25) is 0 Å². The van der Waals surface area contributed by atoms with Gasteiger partial charge in [-0.2, -0.15) is 0 Å². The number of benzene rings is 1. The molecule has 0 fully saturated rings. The molecule has 4 nitrogen and oxygen atoms in total. The minimum atomic E-state index is -0.775. The summed E-state index contributed by atoms with van der Waals surface area (Å²) in [5.41, 5.74) is 0.414. The maximum Gasteiger partial charge on any atom is 0.299 e. The number of hydrogen-bond acceptors (Lipinski definition) is 3. The predicted molar refractivity (Wildman–Crippen MR) is 59.4 cm³/mol. The number of carbonyl (C=O) groups is 2. The number of rotatable bonds is 2. The van der Waals surface area contributed by atoms with Crippen LogP contribution < -0.4 is 4.90 Å². The Morgan fingerprint density at radius 3 is 2.53 bits per heavy atom. The number of fused-ring (bicyclic) bond motifs is 1. The summed E-state index contributed by atoms with van der Waals surface area (Å²) in [4.78, 5) is 24.6. The van der Waals surface area contributed by atoms with Crippen LogP contribution in [0.15, 0.2) is 18.2 Å². The second kappa shape index (κ2) is 3.92. The molecule has 0 saturated heterocycles. The van der Waals surface area contributed by atoms with Gasteiger partial charge in [0.15, 0.2) is 0 Å². The number of halogens is 1. The molecular formula is C12H12FNO3. The third-order valence-corrected chi connectivity index (χ3v) is 2.98. The van der Waals surface area contributed by atoms with Gasteiger partial charge < -0.3 is 5.11 Å². The minimum absolute atomic E-state index is 0.0579. The molecule has 0 radical (unpaired) electrons. The summed E-state index contributed by atoms with van der Waals surface area (Å²) in [7, 11) is 0. The van der Waals surface area contributed by atoms with Crippen LogP contribution in [0.5, 0.6) is 0 Å². The molecule has 17 heavy (non-hydrogen) atoms. The highest BCUT2D eigenvalue weighted by molar-refractivity contribution is 6.52. The SMILES string of the molecule is CC(O)C(C)N1C(=O)C(=O)c2cc(F)ccc21. The molecule has 2 unspecified atom stereocenters. The van der Waals surface area contributed by atoms with Crippen molar-refractivity contribution in [1.82, 2.24) is 0 Å². The molecule has 1 aliphatic rings. The van der Waals surface area contributed by atoms with Gasteiger partial charge in [-0.1, -0.05) is 0 Å². The Kier molecular flexibility index (Phi) is 2.71. The number of aliphatic hydroxyl groups is 1. The van der Waals surface area contributed by atoms with Gasteiger partial charge in [0, 0.05) is 0 Å². The number of nitrogens with zero attached hydrogens (tertiary/aromatic N) is 1. The summed E-state index contributed by atoms with van der Waals surface area (Å²) in [6.07, 6.45) is -0.775. The van der Waals surface area contributed by atoms with Gasteiger partial charge in [-0.15, -0.1) is 0 Å². The number of aliphatic hydroxyl groups excluding tert-OH is 1. The first kappa shape index (κ1) is 11.7. The molecule has 90 valence electrons. The maximum atomic E-state index is 13.0. The fourth-order valence-corrected chi connectivity index (χ4v) is 1.85. The molecule has 2 rings (SSSR count). The van der Waals surface area contributed by atoms with Crippen molar-refractivity contribution in [3.8, 4) is 0 Å². The molecule has 0 aliphatic carbocycles. The Morgan fingerprint density at radius 1 is 1.29 bits per heavy atom. The van der Waals surface area contributed by atoms with E-state index in [-0.39, 0.29) is 5.56 Å². The first-order chi connectivity index (χ1) is 7.93.